The molecule has 27 heavy (non-hydrogen) atoms. The predicted octanol–water partition coefficient (Wildman–Crippen LogP) is 2.93. The molecule has 1 aliphatic rings. The Bertz CT molecular complexity index is 841. The largest absolute Gasteiger partial charge is 0.490 e. The van der Waals surface area contributed by atoms with Gasteiger partial charge in [0.05, 0.1) is 6.04 Å². The first kappa shape index (κ1) is 18.4. The molecule has 2 aromatic rings. The summed E-state index contributed by atoms with van der Waals surface area (Å²) in [6.07, 6.45) is 0. The number of benzene rings is 2. The average molecular weight is 370 g/mol. The van der Waals surface area contributed by atoms with E-state index in [1.807, 2.05) is 18.2 Å². The number of para-hydroxylation sites is 1. The van der Waals surface area contributed by atoms with E-state index in [0.29, 0.717) is 11.3 Å². The number of hydrogen-bond donors (Lipinski definition) is 2. The van der Waals surface area contributed by atoms with Crippen molar-refractivity contribution in [1.82, 2.24) is 10.6 Å². The number of esters is 1. The van der Waals surface area contributed by atoms with Crippen LogP contribution >= 0.6 is 0 Å². The fraction of sp³-hybridized carbons (Fsp3) is 0.200. The molecule has 2 aromatic carbocycles. The summed E-state index contributed by atoms with van der Waals surface area (Å²) in [6, 6.07) is 13.6. The highest BCUT2D eigenvalue weighted by atomic mass is 19.1. The molecule has 0 spiro atoms. The van der Waals surface area contributed by atoms with Crippen LogP contribution in [0.2, 0.25) is 0 Å². The van der Waals surface area contributed by atoms with Gasteiger partial charge in [0, 0.05) is 5.70 Å². The second-order valence-corrected chi connectivity index (χ2v) is 5.96. The lowest BCUT2D eigenvalue weighted by Crippen LogP contribution is -2.51. The predicted molar refractivity (Wildman–Crippen MR) is 96.3 cm³/mol. The van der Waals surface area contributed by atoms with Gasteiger partial charge in [-0.3, -0.25) is 4.79 Å². The summed E-state index contributed by atoms with van der Waals surface area (Å²) in [5.74, 6) is -1.27. The topological polar surface area (TPSA) is 76.7 Å². The van der Waals surface area contributed by atoms with Crippen molar-refractivity contribution in [3.63, 3.8) is 0 Å². The van der Waals surface area contributed by atoms with Gasteiger partial charge < -0.3 is 20.1 Å². The van der Waals surface area contributed by atoms with Gasteiger partial charge in [0.2, 0.25) is 0 Å². The van der Waals surface area contributed by atoms with E-state index in [9.17, 15) is 14.0 Å². The Morgan fingerprint density at radius 2 is 1.89 bits per heavy atom. The lowest BCUT2D eigenvalue weighted by atomic mass is 9.89. The van der Waals surface area contributed by atoms with Gasteiger partial charge in [-0.25, -0.2) is 9.18 Å². The number of amides is 2. The van der Waals surface area contributed by atoms with Crippen LogP contribution in [0.1, 0.15) is 11.6 Å². The molecular weight excluding hydrogens is 351 g/mol. The van der Waals surface area contributed by atoms with Gasteiger partial charge in [0.1, 0.15) is 30.7 Å². The van der Waals surface area contributed by atoms with E-state index in [4.69, 9.17) is 9.47 Å². The molecule has 0 unspecified atom stereocenters. The lowest BCUT2D eigenvalue weighted by Gasteiger charge is -2.33. The van der Waals surface area contributed by atoms with Gasteiger partial charge in [0.25, 0.3) is 0 Å². The molecule has 3 rings (SSSR count). The van der Waals surface area contributed by atoms with Crippen molar-refractivity contribution in [3.05, 3.63) is 78.3 Å². The van der Waals surface area contributed by atoms with Crippen molar-refractivity contribution < 1.29 is 23.5 Å². The van der Waals surface area contributed by atoms with Crippen molar-refractivity contribution in [1.29, 1.82) is 0 Å². The van der Waals surface area contributed by atoms with E-state index in [1.165, 1.54) is 18.2 Å². The second-order valence-electron chi connectivity index (χ2n) is 5.96. The molecule has 0 bridgehead atoms. The number of carbonyl (C=O) groups is 2. The van der Waals surface area contributed by atoms with Crippen molar-refractivity contribution in [2.24, 2.45) is 5.92 Å². The van der Waals surface area contributed by atoms with Crippen LogP contribution in [0.4, 0.5) is 9.18 Å². The molecule has 6 nitrogen and oxygen atoms in total. The van der Waals surface area contributed by atoms with Crippen LogP contribution in [0.5, 0.6) is 5.75 Å². The normalized spacial score (nSPS) is 19.0. The molecule has 0 aliphatic carbocycles. The van der Waals surface area contributed by atoms with E-state index < -0.39 is 29.8 Å². The molecule has 7 heteroatoms. The monoisotopic (exact) mass is 370 g/mol. The zero-order chi connectivity index (χ0) is 19.2. The fourth-order valence-corrected chi connectivity index (χ4v) is 2.85. The van der Waals surface area contributed by atoms with Crippen molar-refractivity contribution >= 4 is 12.0 Å². The first-order valence-electron chi connectivity index (χ1n) is 8.41. The summed E-state index contributed by atoms with van der Waals surface area (Å²) in [5, 5.41) is 5.10. The summed E-state index contributed by atoms with van der Waals surface area (Å²) in [4.78, 5) is 24.4. The first-order chi connectivity index (χ1) is 13.0. The van der Waals surface area contributed by atoms with E-state index in [2.05, 4.69) is 17.2 Å². The lowest BCUT2D eigenvalue weighted by molar-refractivity contribution is -0.149. The summed E-state index contributed by atoms with van der Waals surface area (Å²) >= 11 is 0. The fourth-order valence-electron chi connectivity index (χ4n) is 2.85. The Morgan fingerprint density at radius 3 is 2.63 bits per heavy atom. The molecule has 1 fully saturated rings. The smallest absolute Gasteiger partial charge is 0.319 e. The molecule has 2 N–H and O–H groups in total. The van der Waals surface area contributed by atoms with Crippen LogP contribution in [0.3, 0.4) is 0 Å². The van der Waals surface area contributed by atoms with Gasteiger partial charge in [-0.1, -0.05) is 36.9 Å². The standard InChI is InChI=1S/C20H19FN2O4/c1-13-17(19(24)27-11-10-26-16-8-3-2-4-9-16)18(23-20(25)22-13)14-6-5-7-15(21)12-14/h2-9,12,17-18H,1,10-11H2,(H2,22,23,25)/t17-,18+/m1/s1. The molecular formula is C20H19FN2O4. The van der Waals surface area contributed by atoms with Gasteiger partial charge in [0.15, 0.2) is 0 Å². The van der Waals surface area contributed by atoms with Gasteiger partial charge in [-0.05, 0) is 29.8 Å². The molecule has 1 heterocycles. The highest BCUT2D eigenvalue weighted by molar-refractivity contribution is 5.85. The SMILES string of the molecule is C=C1NC(=O)N[C@@H](c2cccc(F)c2)[C@@H]1C(=O)OCCOc1ccccc1. The van der Waals surface area contributed by atoms with E-state index >= 15 is 0 Å². The van der Waals surface area contributed by atoms with Crippen LogP contribution < -0.4 is 15.4 Å². The van der Waals surface area contributed by atoms with Gasteiger partial charge in [-0.2, -0.15) is 0 Å². The number of carbonyl (C=O) groups excluding carboxylic acids is 2. The quantitative estimate of drug-likeness (QED) is 0.606. The summed E-state index contributed by atoms with van der Waals surface area (Å²) in [7, 11) is 0. The van der Waals surface area contributed by atoms with Gasteiger partial charge >= 0.3 is 12.0 Å². The zero-order valence-electron chi connectivity index (χ0n) is 14.5. The molecule has 2 atom stereocenters. The third-order valence-electron chi connectivity index (χ3n) is 4.07. The van der Waals surface area contributed by atoms with E-state index in [1.54, 1.807) is 18.2 Å². The molecule has 140 valence electrons. The number of rotatable bonds is 6. The number of ether oxygens (including phenoxy) is 2. The highest BCUT2D eigenvalue weighted by Crippen LogP contribution is 2.30. The molecule has 0 saturated carbocycles. The van der Waals surface area contributed by atoms with E-state index in [-0.39, 0.29) is 18.9 Å². The number of urea groups is 1. The zero-order valence-corrected chi connectivity index (χ0v) is 14.5. The minimum Gasteiger partial charge on any atom is -0.490 e. The second kappa shape index (κ2) is 8.35. The van der Waals surface area contributed by atoms with Crippen LogP contribution in [0.15, 0.2) is 66.9 Å². The minimum absolute atomic E-state index is 0.0291. The Morgan fingerprint density at radius 1 is 1.11 bits per heavy atom. The number of nitrogens with one attached hydrogen (secondary N) is 2. The third-order valence-corrected chi connectivity index (χ3v) is 4.07. The van der Waals surface area contributed by atoms with Crippen molar-refractivity contribution in [3.8, 4) is 5.75 Å². The Hall–Kier alpha value is -3.35. The van der Waals surface area contributed by atoms with Crippen molar-refractivity contribution in [2.75, 3.05) is 13.2 Å². The number of halogens is 1. The van der Waals surface area contributed by atoms with Crippen LogP contribution in [0, 0.1) is 11.7 Å². The summed E-state index contributed by atoms with van der Waals surface area (Å²) < 4.78 is 24.3. The Balaban J connectivity index is 1.64. The molecule has 2 amide bonds. The third kappa shape index (κ3) is 4.63. The van der Waals surface area contributed by atoms with Crippen LogP contribution in [-0.2, 0) is 9.53 Å². The maximum absolute atomic E-state index is 13.6. The van der Waals surface area contributed by atoms with Gasteiger partial charge in [-0.15, -0.1) is 0 Å². The number of hydrogen-bond acceptors (Lipinski definition) is 4. The average Bonchev–Trinajstić information content (AvgIpc) is 2.65. The maximum atomic E-state index is 13.6. The molecule has 0 aromatic heterocycles. The van der Waals surface area contributed by atoms with E-state index in [0.717, 1.165) is 0 Å². The Kier molecular flexibility index (Phi) is 5.71. The maximum Gasteiger partial charge on any atom is 0.319 e. The van der Waals surface area contributed by atoms with Crippen LogP contribution in [0.25, 0.3) is 0 Å². The first-order valence-corrected chi connectivity index (χ1v) is 8.41. The molecule has 1 saturated heterocycles. The minimum atomic E-state index is -0.888. The molecule has 1 aliphatic heterocycles. The molecule has 0 radical (unpaired) electrons. The Labute approximate surface area is 156 Å². The van der Waals surface area contributed by atoms with Crippen molar-refractivity contribution in [2.45, 2.75) is 6.04 Å². The summed E-state index contributed by atoms with van der Waals surface area (Å²) in [5.41, 5.74) is 0.649. The summed E-state index contributed by atoms with van der Waals surface area (Å²) in [6.45, 7) is 3.95. The highest BCUT2D eigenvalue weighted by Gasteiger charge is 2.39. The van der Waals surface area contributed by atoms with Crippen LogP contribution in [-0.4, -0.2) is 25.2 Å².